The Bertz CT molecular complexity index is 2010. The molecule has 0 bridgehead atoms. The lowest BCUT2D eigenvalue weighted by Crippen LogP contribution is -2.43. The van der Waals surface area contributed by atoms with Crippen LogP contribution in [0.15, 0.2) is 49.4 Å². The van der Waals surface area contributed by atoms with Gasteiger partial charge in [-0.3, -0.25) is 33.6 Å². The van der Waals surface area contributed by atoms with Crippen molar-refractivity contribution in [1.82, 2.24) is 0 Å². The summed E-state index contributed by atoms with van der Waals surface area (Å²) in [5.41, 5.74) is -1.43. The maximum absolute atomic E-state index is 10.9. The minimum absolute atomic E-state index is 0. The number of ketones is 1. The van der Waals surface area contributed by atoms with E-state index in [9.17, 15) is 38.7 Å². The van der Waals surface area contributed by atoms with Crippen molar-refractivity contribution in [2.45, 2.75) is 269 Å². The van der Waals surface area contributed by atoms with Gasteiger partial charge in [0.15, 0.2) is 6.29 Å². The Labute approximate surface area is 536 Å². The van der Waals surface area contributed by atoms with Crippen LogP contribution in [0.1, 0.15) is 233 Å². The molecular formula is C69H122O20. The van der Waals surface area contributed by atoms with Crippen molar-refractivity contribution in [3.8, 4) is 0 Å². The highest BCUT2D eigenvalue weighted by Crippen LogP contribution is 2.29. The fraction of sp³-hybridized carbons (Fsp3) is 0.783. The lowest BCUT2D eigenvalue weighted by atomic mass is 9.87. The summed E-state index contributed by atoms with van der Waals surface area (Å²) in [6, 6.07) is 0. The van der Waals surface area contributed by atoms with E-state index in [-0.39, 0.29) is 77.3 Å². The van der Waals surface area contributed by atoms with E-state index in [4.69, 9.17) is 52.5 Å². The Balaban J connectivity index is -0.000000916. The maximum Gasteiger partial charge on any atom is 0.308 e. The molecule has 2 N–H and O–H groups in total. The van der Waals surface area contributed by atoms with E-state index in [1.165, 1.54) is 19.3 Å². The van der Waals surface area contributed by atoms with Gasteiger partial charge in [-0.1, -0.05) is 96.6 Å². The van der Waals surface area contributed by atoms with Gasteiger partial charge in [0.1, 0.15) is 18.0 Å². The number of allylic oxidation sites excluding steroid dienone is 2. The van der Waals surface area contributed by atoms with Gasteiger partial charge in [-0.25, -0.2) is 0 Å². The number of esters is 5. The summed E-state index contributed by atoms with van der Waals surface area (Å²) in [7, 11) is 1.69. The average Bonchev–Trinajstić information content (AvgIpc) is 3.80. The first-order valence-electron chi connectivity index (χ1n) is 31.3. The molecule has 1 saturated carbocycles. The standard InChI is InChI=1S/C8H12O5.C7H12O.2C6H10O2.C6H12O2.C6H10O2.2C6H10O.C5H8O2.2C5H8O.3CH4/c1-5-2-8(12,3-6(9)10)4-7(11)13-5;1-6-4-2-3-5-7(6)8;1-5-2-3-8-6(7)4-5;1-5-2-3-6(7)8-4-5;1-7-6-4-2-3-5-8-6;1-5-3-2-4-6(7)8-5;1-5-3-6(2)7-4-5;1-5-3-4-6(2)7-5;1-4-2-3-7-5(4)6;1-4-3-6-5(4)2;1-4-3-5(2)6-4;;;/h5,12H,2-4H2,1H3,(H,9,10);6H,2-5H2,1H3;2*5H,2-4H2,1H3;6H,2-5H2,1H3;5H,2-4H2,1H3;5H,2-4H2,1H3;6H,1,3-4H2,2H3;4H,2-3H2,1H3;4H,2-3H2,1H3;5H,1,3H2,2H3;3*1H4. The molecule has 0 spiro atoms. The van der Waals surface area contributed by atoms with Crippen LogP contribution < -0.4 is 0 Å². The largest absolute Gasteiger partial charge is 0.498 e. The number of hydrogen-bond acceptors (Lipinski definition) is 19. The Kier molecular flexibility index (Phi) is 48.6. The van der Waals surface area contributed by atoms with Crippen molar-refractivity contribution in [2.24, 2.45) is 35.5 Å². The molecule has 12 atom stereocenters. The predicted molar refractivity (Wildman–Crippen MR) is 345 cm³/mol. The Morgan fingerprint density at radius 3 is 1.37 bits per heavy atom. The van der Waals surface area contributed by atoms with Gasteiger partial charge in [0.25, 0.3) is 0 Å². The second-order valence-corrected chi connectivity index (χ2v) is 24.3. The van der Waals surface area contributed by atoms with Crippen LogP contribution in [0.4, 0.5) is 0 Å². The number of aliphatic carboxylic acids is 1. The molecule has 20 nitrogen and oxygen atoms in total. The highest BCUT2D eigenvalue weighted by atomic mass is 16.7. The minimum atomic E-state index is -1.43. The molecule has 0 radical (unpaired) electrons. The molecular weight excluding hydrogens is 1150 g/mol. The fourth-order valence-corrected chi connectivity index (χ4v) is 9.20. The van der Waals surface area contributed by atoms with Gasteiger partial charge >= 0.3 is 35.8 Å². The molecule has 0 aromatic carbocycles. The van der Waals surface area contributed by atoms with Crippen LogP contribution in [0.5, 0.6) is 0 Å². The summed E-state index contributed by atoms with van der Waals surface area (Å²) >= 11 is 0. The van der Waals surface area contributed by atoms with Gasteiger partial charge in [0.2, 0.25) is 0 Å². The Morgan fingerprint density at radius 2 is 1.10 bits per heavy atom. The zero-order chi connectivity index (χ0) is 64.8. The van der Waals surface area contributed by atoms with Crippen LogP contribution in [0.25, 0.3) is 0 Å². The molecule has 89 heavy (non-hydrogen) atoms. The average molecular weight is 1270 g/mol. The first-order valence-corrected chi connectivity index (χ1v) is 31.3. The van der Waals surface area contributed by atoms with E-state index in [0.717, 1.165) is 126 Å². The normalized spacial score (nSPS) is 29.9. The number of carbonyl (C=O) groups is 7. The van der Waals surface area contributed by atoms with Gasteiger partial charge < -0.3 is 62.3 Å². The molecule has 11 fully saturated rings. The highest BCUT2D eigenvalue weighted by molar-refractivity contribution is 5.81. The molecule has 10 heterocycles. The van der Waals surface area contributed by atoms with E-state index in [1.807, 2.05) is 27.7 Å². The summed E-state index contributed by atoms with van der Waals surface area (Å²) in [5.74, 6) is 5.39. The molecule has 0 aromatic heterocycles. The Morgan fingerprint density at radius 1 is 0.494 bits per heavy atom. The fourth-order valence-electron chi connectivity index (χ4n) is 9.20. The predicted octanol–water partition coefficient (Wildman–Crippen LogP) is 14.1. The Hall–Kier alpha value is -5.47. The third-order valence-corrected chi connectivity index (χ3v) is 14.8. The lowest BCUT2D eigenvalue weighted by Gasteiger charge is -2.33. The number of Topliss-reactive ketones (excluding diaryl/α,β-unsaturated/α-hetero) is 1. The smallest absolute Gasteiger partial charge is 0.308 e. The first kappa shape index (κ1) is 87.7. The van der Waals surface area contributed by atoms with Crippen LogP contribution in [0.2, 0.25) is 0 Å². The van der Waals surface area contributed by atoms with Crippen molar-refractivity contribution in [2.75, 3.05) is 46.8 Å². The third-order valence-electron chi connectivity index (χ3n) is 14.8. The lowest BCUT2D eigenvalue weighted by molar-refractivity contribution is -0.172. The van der Waals surface area contributed by atoms with Crippen LogP contribution in [0, 0.1) is 35.5 Å². The molecule has 0 amide bonds. The molecule has 20 heteroatoms. The third kappa shape index (κ3) is 44.6. The first-order chi connectivity index (χ1) is 40.5. The van der Waals surface area contributed by atoms with Crippen LogP contribution in [-0.4, -0.2) is 135 Å². The number of carbonyl (C=O) groups excluding carboxylic acids is 6. The van der Waals surface area contributed by atoms with Crippen LogP contribution in [-0.2, 0) is 85.7 Å². The van der Waals surface area contributed by atoms with E-state index in [2.05, 4.69) is 65.7 Å². The van der Waals surface area contributed by atoms with E-state index in [1.54, 1.807) is 14.0 Å². The summed E-state index contributed by atoms with van der Waals surface area (Å²) in [4.78, 5) is 73.7. The van der Waals surface area contributed by atoms with Crippen molar-refractivity contribution < 1.29 is 95.9 Å². The zero-order valence-corrected chi connectivity index (χ0v) is 54.2. The van der Waals surface area contributed by atoms with Crippen molar-refractivity contribution in [3.63, 3.8) is 0 Å². The van der Waals surface area contributed by atoms with E-state index < -0.39 is 30.1 Å². The van der Waals surface area contributed by atoms with E-state index >= 15 is 0 Å². The summed E-state index contributed by atoms with van der Waals surface area (Å²) in [5, 5.41) is 18.2. The van der Waals surface area contributed by atoms with E-state index in [0.29, 0.717) is 86.7 Å². The number of ether oxygens (including phenoxy) is 11. The highest BCUT2D eigenvalue weighted by Gasteiger charge is 2.40. The molecule has 11 aliphatic rings. The maximum atomic E-state index is 10.9. The molecule has 10 aliphatic heterocycles. The van der Waals surface area contributed by atoms with Crippen LogP contribution in [0.3, 0.4) is 0 Å². The summed E-state index contributed by atoms with van der Waals surface area (Å²) in [6.45, 7) is 39.1. The summed E-state index contributed by atoms with van der Waals surface area (Å²) in [6.07, 6.45) is 19.2. The van der Waals surface area contributed by atoms with Gasteiger partial charge in [-0.05, 0) is 116 Å². The van der Waals surface area contributed by atoms with Crippen LogP contribution >= 0.6 is 0 Å². The molecule has 10 saturated heterocycles. The van der Waals surface area contributed by atoms with Gasteiger partial charge in [-0.15, -0.1) is 0 Å². The molecule has 12 unspecified atom stereocenters. The molecule has 518 valence electrons. The second kappa shape index (κ2) is 49.3. The number of rotatable bonds is 3. The van der Waals surface area contributed by atoms with Crippen molar-refractivity contribution in [1.29, 1.82) is 0 Å². The summed E-state index contributed by atoms with van der Waals surface area (Å²) < 4.78 is 53.9. The van der Waals surface area contributed by atoms with Gasteiger partial charge in [0.05, 0.1) is 92.6 Å². The minimum Gasteiger partial charge on any atom is -0.498 e. The quantitative estimate of drug-likeness (QED) is 0.196. The number of cyclic esters (lactones) is 5. The molecule has 11 rings (SSSR count). The molecule has 1 aliphatic carbocycles. The van der Waals surface area contributed by atoms with Gasteiger partial charge in [-0.2, -0.15) is 0 Å². The number of carboxylic acid groups (broad SMARTS) is 1. The monoisotopic (exact) mass is 1270 g/mol. The number of aliphatic hydroxyl groups is 1. The topological polar surface area (TPSA) is 261 Å². The SMILES string of the molecule is C.C.C.C=C1CC(C)CO1.C=C1CC(C)O1.C=C1CCC(C)O1.C=C1OCC1C.CC1CC(O)(CC(=O)O)CC(=O)O1.CC1CCC(=O)OC1.CC1CCCC(=O)O1.CC1CCCCC1=O.CC1CCOC(=O)C1.CC1CCOC1=O.COC1CCCCO1. The number of methoxy groups -OCH3 is 1. The van der Waals surface area contributed by atoms with Crippen molar-refractivity contribution >= 4 is 41.6 Å². The van der Waals surface area contributed by atoms with Crippen molar-refractivity contribution in [3.05, 3.63) is 49.4 Å². The zero-order valence-electron chi connectivity index (χ0n) is 54.2. The molecule has 0 aromatic rings. The second-order valence-electron chi connectivity index (χ2n) is 24.3. The number of hydrogen-bond donors (Lipinski definition) is 2. The number of carboxylic acids is 1. The van der Waals surface area contributed by atoms with Gasteiger partial charge in [0, 0.05) is 76.9 Å².